The summed E-state index contributed by atoms with van der Waals surface area (Å²) in [5, 5.41) is 3.17. The van der Waals surface area contributed by atoms with Gasteiger partial charge in [-0.25, -0.2) is 0 Å². The average Bonchev–Trinajstić information content (AvgIpc) is 3.29. The number of hydrogen-bond donors (Lipinski definition) is 2. The number of carbonyl (C=O) groups is 4. The Balaban J connectivity index is 1.63. The van der Waals surface area contributed by atoms with Gasteiger partial charge in [0.2, 0.25) is 17.7 Å². The van der Waals surface area contributed by atoms with Crippen molar-refractivity contribution in [2.75, 3.05) is 19.6 Å². The first kappa shape index (κ1) is 17.8. The van der Waals surface area contributed by atoms with Gasteiger partial charge in [-0.3, -0.25) is 19.2 Å². The summed E-state index contributed by atoms with van der Waals surface area (Å²) in [5.74, 6) is -1.26. The second kappa shape index (κ2) is 7.11. The number of Topliss-reactive ketones (excluding diaryl/α,β-unsaturated/α-hetero) is 1. The van der Waals surface area contributed by atoms with E-state index in [1.54, 1.807) is 11.8 Å². The summed E-state index contributed by atoms with van der Waals surface area (Å²) in [7, 11) is 0. The van der Waals surface area contributed by atoms with Gasteiger partial charge in [-0.2, -0.15) is 0 Å². The zero-order chi connectivity index (χ0) is 18.1. The van der Waals surface area contributed by atoms with E-state index in [0.29, 0.717) is 13.0 Å². The van der Waals surface area contributed by atoms with Gasteiger partial charge >= 0.3 is 0 Å². The van der Waals surface area contributed by atoms with Crippen LogP contribution in [-0.2, 0) is 19.2 Å². The number of nitrogens with zero attached hydrogens (tertiary/aromatic N) is 2. The molecular weight excluding hydrogens is 324 g/mol. The zero-order valence-electron chi connectivity index (χ0n) is 14.4. The number of nitrogens with two attached hydrogens (primary N) is 1. The highest BCUT2D eigenvalue weighted by molar-refractivity contribution is 5.99. The highest BCUT2D eigenvalue weighted by atomic mass is 16.2. The first-order chi connectivity index (χ1) is 11.9. The van der Waals surface area contributed by atoms with Gasteiger partial charge in [-0.15, -0.1) is 0 Å². The topological polar surface area (TPSA) is 113 Å². The maximum atomic E-state index is 12.7. The lowest BCUT2D eigenvalue weighted by atomic mass is 10.0. The van der Waals surface area contributed by atoms with Crippen molar-refractivity contribution >= 4 is 23.5 Å². The van der Waals surface area contributed by atoms with Crippen molar-refractivity contribution in [3.8, 4) is 0 Å². The van der Waals surface area contributed by atoms with Crippen LogP contribution in [0.4, 0.5) is 0 Å². The molecule has 3 heterocycles. The number of hydrogen-bond acceptors (Lipinski definition) is 5. The van der Waals surface area contributed by atoms with E-state index in [-0.39, 0.29) is 42.6 Å². The summed E-state index contributed by atoms with van der Waals surface area (Å²) in [6.45, 7) is 3.01. The van der Waals surface area contributed by atoms with Crippen molar-refractivity contribution in [1.82, 2.24) is 15.1 Å². The number of fused-ring (bicyclic) bond motifs is 1. The Morgan fingerprint density at radius 3 is 2.72 bits per heavy atom. The van der Waals surface area contributed by atoms with E-state index >= 15 is 0 Å². The summed E-state index contributed by atoms with van der Waals surface area (Å²) in [6.07, 6.45) is 4.05. The van der Waals surface area contributed by atoms with Crippen LogP contribution in [0.15, 0.2) is 0 Å². The molecule has 8 nitrogen and oxygen atoms in total. The fraction of sp³-hybridized carbons (Fsp3) is 0.706. The van der Waals surface area contributed by atoms with Gasteiger partial charge in [-0.1, -0.05) is 6.92 Å². The molecule has 0 spiro atoms. The molecule has 3 amide bonds. The third-order valence-electron chi connectivity index (χ3n) is 5.48. The van der Waals surface area contributed by atoms with Crippen LogP contribution < -0.4 is 11.1 Å². The van der Waals surface area contributed by atoms with Crippen LogP contribution in [0.3, 0.4) is 0 Å². The maximum absolute atomic E-state index is 12.7. The van der Waals surface area contributed by atoms with Crippen molar-refractivity contribution in [2.24, 2.45) is 11.7 Å². The molecule has 137 valence electrons. The van der Waals surface area contributed by atoms with E-state index in [9.17, 15) is 19.2 Å². The van der Waals surface area contributed by atoms with Crippen molar-refractivity contribution in [1.29, 1.82) is 0 Å². The Hall–Kier alpha value is -1.96. The van der Waals surface area contributed by atoms with Gasteiger partial charge in [0.1, 0.15) is 6.04 Å². The molecule has 3 rings (SSSR count). The molecule has 0 aliphatic carbocycles. The molecule has 0 aromatic rings. The molecule has 0 aromatic carbocycles. The van der Waals surface area contributed by atoms with Crippen LogP contribution in [0, 0.1) is 12.3 Å². The van der Waals surface area contributed by atoms with E-state index in [2.05, 4.69) is 5.32 Å². The van der Waals surface area contributed by atoms with Crippen molar-refractivity contribution in [3.05, 3.63) is 6.42 Å². The molecule has 8 heteroatoms. The van der Waals surface area contributed by atoms with Crippen LogP contribution in [-0.4, -0.2) is 71.1 Å². The molecule has 1 radical (unpaired) electrons. The summed E-state index contributed by atoms with van der Waals surface area (Å²) < 4.78 is 0. The Labute approximate surface area is 147 Å². The minimum Gasteiger partial charge on any atom is -0.369 e. The van der Waals surface area contributed by atoms with Crippen LogP contribution in [0.25, 0.3) is 0 Å². The Bertz CT molecular complexity index is 587. The molecule has 4 atom stereocenters. The van der Waals surface area contributed by atoms with E-state index < -0.39 is 17.9 Å². The second-order valence-corrected chi connectivity index (χ2v) is 7.16. The van der Waals surface area contributed by atoms with Crippen molar-refractivity contribution in [2.45, 2.75) is 50.7 Å². The molecule has 3 aliphatic heterocycles. The number of carbonyl (C=O) groups excluding carboxylic acids is 4. The number of amides is 3. The Kier molecular flexibility index (Phi) is 5.08. The maximum Gasteiger partial charge on any atom is 0.240 e. The molecule has 4 unspecified atom stereocenters. The summed E-state index contributed by atoms with van der Waals surface area (Å²) >= 11 is 0. The predicted octanol–water partition coefficient (Wildman–Crippen LogP) is -1.17. The van der Waals surface area contributed by atoms with Gasteiger partial charge in [0.25, 0.3) is 0 Å². The lowest BCUT2D eigenvalue weighted by molar-refractivity contribution is -0.135. The number of likely N-dealkylation sites (tertiary alicyclic amines) is 2. The molecule has 3 aliphatic rings. The van der Waals surface area contributed by atoms with Crippen molar-refractivity contribution < 1.29 is 19.2 Å². The van der Waals surface area contributed by atoms with Crippen molar-refractivity contribution in [3.63, 3.8) is 0 Å². The smallest absolute Gasteiger partial charge is 0.240 e. The highest BCUT2D eigenvalue weighted by Crippen LogP contribution is 2.31. The average molecular weight is 349 g/mol. The molecule has 3 N–H and O–H groups in total. The van der Waals surface area contributed by atoms with Crippen LogP contribution >= 0.6 is 0 Å². The molecule has 0 aromatic heterocycles. The highest BCUT2D eigenvalue weighted by Gasteiger charge is 2.52. The fourth-order valence-corrected chi connectivity index (χ4v) is 3.96. The summed E-state index contributed by atoms with van der Waals surface area (Å²) in [6, 6.07) is -0.995. The second-order valence-electron chi connectivity index (χ2n) is 7.16. The summed E-state index contributed by atoms with van der Waals surface area (Å²) in [5.41, 5.74) is 5.21. The van der Waals surface area contributed by atoms with Crippen LogP contribution in [0.2, 0.25) is 0 Å². The molecule has 3 fully saturated rings. The summed E-state index contributed by atoms with van der Waals surface area (Å²) in [4.78, 5) is 51.8. The molecular formula is C17H25N4O4. The number of ketones is 1. The minimum atomic E-state index is -0.557. The quantitative estimate of drug-likeness (QED) is 0.650. The third-order valence-corrected chi connectivity index (χ3v) is 5.48. The largest absolute Gasteiger partial charge is 0.369 e. The van der Waals surface area contributed by atoms with Gasteiger partial charge < -0.3 is 20.9 Å². The standard InChI is InChI=1S/C17H25N4O4/c1-10(16(18)24)4-5-14(23)20-8-6-12-15(20)13(22)9-21(12)17(25)11-3-2-7-19-11/h5,10-12,15,19H,2-4,6-9H2,1H3,(H2,18,24). The fourth-order valence-electron chi connectivity index (χ4n) is 3.96. The number of nitrogens with one attached hydrogen (secondary N) is 1. The van der Waals surface area contributed by atoms with Gasteiger partial charge in [0.05, 0.1) is 25.0 Å². The zero-order valence-corrected chi connectivity index (χ0v) is 14.4. The Morgan fingerprint density at radius 2 is 2.08 bits per heavy atom. The van der Waals surface area contributed by atoms with E-state index in [0.717, 1.165) is 19.4 Å². The number of primary amides is 1. The first-order valence-corrected chi connectivity index (χ1v) is 8.90. The lowest BCUT2D eigenvalue weighted by Gasteiger charge is -2.26. The number of rotatable bonds is 5. The molecule has 3 saturated heterocycles. The first-order valence-electron chi connectivity index (χ1n) is 8.90. The molecule has 0 saturated carbocycles. The van der Waals surface area contributed by atoms with Gasteiger partial charge in [0, 0.05) is 12.5 Å². The Morgan fingerprint density at radius 1 is 1.32 bits per heavy atom. The normalized spacial score (nSPS) is 29.8. The molecule has 0 bridgehead atoms. The van der Waals surface area contributed by atoms with E-state index in [1.807, 2.05) is 0 Å². The lowest BCUT2D eigenvalue weighted by Crippen LogP contribution is -2.47. The predicted molar refractivity (Wildman–Crippen MR) is 88.9 cm³/mol. The van der Waals surface area contributed by atoms with Crippen LogP contribution in [0.5, 0.6) is 0 Å². The SMILES string of the molecule is CC(C[CH]C(=O)N1CCC2C1C(=O)CN2C(=O)C1CCCN1)C(N)=O. The van der Waals surface area contributed by atoms with E-state index in [4.69, 9.17) is 5.73 Å². The van der Waals surface area contributed by atoms with E-state index in [1.165, 1.54) is 11.3 Å². The molecule has 25 heavy (non-hydrogen) atoms. The van der Waals surface area contributed by atoms with Gasteiger partial charge in [-0.05, 0) is 32.2 Å². The third kappa shape index (κ3) is 3.40. The van der Waals surface area contributed by atoms with Gasteiger partial charge in [0.15, 0.2) is 5.78 Å². The van der Waals surface area contributed by atoms with Crippen LogP contribution in [0.1, 0.15) is 32.6 Å². The minimum absolute atomic E-state index is 0.0287. The monoisotopic (exact) mass is 349 g/mol.